The van der Waals surface area contributed by atoms with E-state index in [2.05, 4.69) is 15.6 Å². The van der Waals surface area contributed by atoms with Crippen molar-refractivity contribution in [3.05, 3.63) is 102 Å². The third-order valence-electron chi connectivity index (χ3n) is 6.45. The van der Waals surface area contributed by atoms with Crippen molar-refractivity contribution in [2.75, 3.05) is 23.9 Å². The molecule has 3 N–H and O–H groups in total. The van der Waals surface area contributed by atoms with Gasteiger partial charge in [-0.15, -0.1) is 0 Å². The highest BCUT2D eigenvalue weighted by molar-refractivity contribution is 7.80. The van der Waals surface area contributed by atoms with Crippen LogP contribution in [0.2, 0.25) is 0 Å². The fraction of sp³-hybridized carbons (Fsp3) is 0.172. The van der Waals surface area contributed by atoms with E-state index < -0.39 is 12.0 Å². The zero-order chi connectivity index (χ0) is 27.5. The number of ether oxygens (including phenoxy) is 1. The van der Waals surface area contributed by atoms with Gasteiger partial charge >= 0.3 is 5.97 Å². The molecule has 0 spiro atoms. The number of hydrogen-bond donors (Lipinski definition) is 3. The van der Waals surface area contributed by atoms with Gasteiger partial charge in [-0.3, -0.25) is 9.78 Å². The molecular formula is C29H26N4O5S. The predicted molar refractivity (Wildman–Crippen MR) is 151 cm³/mol. The largest absolute Gasteiger partial charge is 0.478 e. The number of furan rings is 1. The highest BCUT2D eigenvalue weighted by Crippen LogP contribution is 2.43. The molecule has 2 aromatic heterocycles. The molecule has 1 saturated heterocycles. The number of aromatic nitrogens is 1. The first kappa shape index (κ1) is 26.1. The minimum Gasteiger partial charge on any atom is -0.478 e. The number of nitrogens with one attached hydrogen (secondary N) is 2. The average Bonchev–Trinajstić information content (AvgIpc) is 3.55. The second kappa shape index (κ2) is 11.1. The second-order valence-corrected chi connectivity index (χ2v) is 9.45. The zero-order valence-corrected chi connectivity index (χ0v) is 22.1. The number of rotatable bonds is 8. The molecule has 0 bridgehead atoms. The normalized spacial score (nSPS) is 16.7. The van der Waals surface area contributed by atoms with Gasteiger partial charge in [-0.05, 0) is 79.3 Å². The van der Waals surface area contributed by atoms with E-state index in [1.165, 1.54) is 13.2 Å². The Bertz CT molecular complexity index is 1540. The molecule has 2 aromatic carbocycles. The Morgan fingerprint density at radius 2 is 1.97 bits per heavy atom. The number of carboxylic acid groups (broad SMARTS) is 1. The maximum Gasteiger partial charge on any atom is 0.335 e. The maximum absolute atomic E-state index is 12.0. The minimum atomic E-state index is -1.01. The number of nitrogens with zero attached hydrogens (tertiary/aromatic N) is 2. The summed E-state index contributed by atoms with van der Waals surface area (Å²) in [5, 5.41) is 16.1. The van der Waals surface area contributed by atoms with Gasteiger partial charge in [0.05, 0.1) is 17.3 Å². The lowest BCUT2D eigenvalue weighted by atomic mass is 10.0. The molecule has 4 aromatic rings. The van der Waals surface area contributed by atoms with Crippen LogP contribution in [0.1, 0.15) is 39.5 Å². The van der Waals surface area contributed by atoms with Crippen LogP contribution in [-0.4, -0.2) is 40.8 Å². The maximum atomic E-state index is 12.0. The Balaban J connectivity index is 1.54. The molecule has 198 valence electrons. The Morgan fingerprint density at radius 3 is 2.69 bits per heavy atom. The highest BCUT2D eigenvalue weighted by atomic mass is 32.1. The van der Waals surface area contributed by atoms with E-state index in [0.29, 0.717) is 27.9 Å². The number of benzene rings is 2. The fourth-order valence-electron chi connectivity index (χ4n) is 4.65. The van der Waals surface area contributed by atoms with Crippen LogP contribution >= 0.6 is 12.2 Å². The molecule has 0 saturated carbocycles. The standard InChI is InChI=1S/C29H26N4O5S/c1-17-14-20(9-10-21(17)31-25(34)16-37-2)33-27(26(32-29(33)39)22-8-3-4-13-30-22)24-12-11-23(38-24)18-6-5-7-19(15-18)28(35)36/h3-15,26-27H,16H2,1-2H3,(H,31,34)(H,32,39)(H,35,36)/t26-,27+/m0/s1. The predicted octanol–water partition coefficient (Wildman–Crippen LogP) is 5.11. The van der Waals surface area contributed by atoms with Gasteiger partial charge < -0.3 is 29.8 Å². The van der Waals surface area contributed by atoms with Crippen molar-refractivity contribution in [1.29, 1.82) is 0 Å². The lowest BCUT2D eigenvalue weighted by Gasteiger charge is -2.26. The lowest BCUT2D eigenvalue weighted by molar-refractivity contribution is -0.119. The summed E-state index contributed by atoms with van der Waals surface area (Å²) >= 11 is 5.80. The summed E-state index contributed by atoms with van der Waals surface area (Å²) in [5.74, 6) is -0.0793. The van der Waals surface area contributed by atoms with E-state index in [9.17, 15) is 14.7 Å². The first-order chi connectivity index (χ1) is 18.9. The Labute approximate surface area is 230 Å². The van der Waals surface area contributed by atoms with Crippen molar-refractivity contribution in [3.63, 3.8) is 0 Å². The number of aryl methyl sites for hydroxylation is 1. The Morgan fingerprint density at radius 1 is 1.13 bits per heavy atom. The van der Waals surface area contributed by atoms with E-state index in [-0.39, 0.29) is 24.1 Å². The number of thiocarbonyl (C=S) groups is 1. The topological polar surface area (TPSA) is 117 Å². The molecule has 1 aliphatic rings. The van der Waals surface area contributed by atoms with Crippen molar-refractivity contribution in [3.8, 4) is 11.3 Å². The average molecular weight is 543 g/mol. The number of hydrogen-bond acceptors (Lipinski definition) is 6. The molecule has 10 heteroatoms. The fourth-order valence-corrected chi connectivity index (χ4v) is 5.00. The number of carbonyl (C=O) groups excluding carboxylic acids is 1. The van der Waals surface area contributed by atoms with Gasteiger partial charge in [0.25, 0.3) is 0 Å². The quantitative estimate of drug-likeness (QED) is 0.261. The summed E-state index contributed by atoms with van der Waals surface area (Å²) in [4.78, 5) is 30.1. The van der Waals surface area contributed by atoms with Gasteiger partial charge in [-0.1, -0.05) is 18.2 Å². The molecule has 3 heterocycles. The summed E-state index contributed by atoms with van der Waals surface area (Å²) in [6, 6.07) is 21.0. The molecule has 2 atom stereocenters. The molecule has 1 amide bonds. The number of amides is 1. The van der Waals surface area contributed by atoms with Crippen molar-refractivity contribution >= 4 is 40.6 Å². The first-order valence-corrected chi connectivity index (χ1v) is 12.6. The minimum absolute atomic E-state index is 0.0364. The zero-order valence-electron chi connectivity index (χ0n) is 21.3. The van der Waals surface area contributed by atoms with Gasteiger partial charge in [0.15, 0.2) is 5.11 Å². The lowest BCUT2D eigenvalue weighted by Crippen LogP contribution is -2.29. The van der Waals surface area contributed by atoms with E-state index in [1.54, 1.807) is 24.4 Å². The smallest absolute Gasteiger partial charge is 0.335 e. The van der Waals surface area contributed by atoms with Crippen LogP contribution in [0.4, 0.5) is 11.4 Å². The summed E-state index contributed by atoms with van der Waals surface area (Å²) in [6.07, 6.45) is 1.73. The van der Waals surface area contributed by atoms with E-state index in [0.717, 1.165) is 16.9 Å². The summed E-state index contributed by atoms with van der Waals surface area (Å²) in [7, 11) is 1.47. The van der Waals surface area contributed by atoms with Crippen molar-refractivity contribution in [2.45, 2.75) is 19.0 Å². The Hall–Kier alpha value is -4.54. The van der Waals surface area contributed by atoms with Crippen LogP contribution in [0.3, 0.4) is 0 Å². The first-order valence-electron chi connectivity index (χ1n) is 12.2. The molecule has 39 heavy (non-hydrogen) atoms. The van der Waals surface area contributed by atoms with Gasteiger partial charge in [0.1, 0.15) is 24.2 Å². The van der Waals surface area contributed by atoms with Crippen LogP contribution in [0.15, 0.2) is 83.4 Å². The molecule has 1 fully saturated rings. The molecule has 0 radical (unpaired) electrons. The number of aromatic carboxylic acids is 1. The van der Waals surface area contributed by atoms with Gasteiger partial charge in [-0.25, -0.2) is 4.79 Å². The summed E-state index contributed by atoms with van der Waals surface area (Å²) in [5.41, 5.74) is 3.96. The molecule has 1 aliphatic heterocycles. The van der Waals surface area contributed by atoms with Crippen molar-refractivity contribution in [1.82, 2.24) is 10.3 Å². The number of carbonyl (C=O) groups is 2. The number of anilines is 2. The van der Waals surface area contributed by atoms with Crippen LogP contribution in [0, 0.1) is 6.92 Å². The van der Waals surface area contributed by atoms with Gasteiger partial charge in [-0.2, -0.15) is 0 Å². The van der Waals surface area contributed by atoms with E-state index >= 15 is 0 Å². The van der Waals surface area contributed by atoms with Crippen LogP contribution in [0.25, 0.3) is 11.3 Å². The van der Waals surface area contributed by atoms with E-state index in [4.69, 9.17) is 21.4 Å². The molecule has 9 nitrogen and oxygen atoms in total. The highest BCUT2D eigenvalue weighted by Gasteiger charge is 2.42. The number of carboxylic acids is 1. The third-order valence-corrected chi connectivity index (χ3v) is 6.76. The Kier molecular flexibility index (Phi) is 7.40. The van der Waals surface area contributed by atoms with Crippen LogP contribution in [-0.2, 0) is 9.53 Å². The molecule has 0 unspecified atom stereocenters. The molecular weight excluding hydrogens is 516 g/mol. The second-order valence-electron chi connectivity index (χ2n) is 9.06. The number of pyridine rings is 1. The SMILES string of the molecule is COCC(=O)Nc1ccc(N2C(=S)N[C@@H](c3ccccn3)[C@H]2c2ccc(-c3cccc(C(=O)O)c3)o2)cc1C. The van der Waals surface area contributed by atoms with Crippen molar-refractivity contribution in [2.24, 2.45) is 0 Å². The monoisotopic (exact) mass is 542 g/mol. The van der Waals surface area contributed by atoms with Gasteiger partial charge in [0.2, 0.25) is 5.91 Å². The van der Waals surface area contributed by atoms with E-state index in [1.807, 2.05) is 60.4 Å². The summed E-state index contributed by atoms with van der Waals surface area (Å²) < 4.78 is 11.3. The van der Waals surface area contributed by atoms with Crippen molar-refractivity contribution < 1.29 is 23.8 Å². The molecule has 0 aliphatic carbocycles. The van der Waals surface area contributed by atoms with Crippen LogP contribution < -0.4 is 15.5 Å². The third kappa shape index (κ3) is 5.38. The van der Waals surface area contributed by atoms with Crippen LogP contribution in [0.5, 0.6) is 0 Å². The number of methoxy groups -OCH3 is 1. The summed E-state index contributed by atoms with van der Waals surface area (Å²) in [6.45, 7) is 1.87. The van der Waals surface area contributed by atoms with Gasteiger partial charge in [0, 0.05) is 30.2 Å². The molecule has 5 rings (SSSR count).